The predicted molar refractivity (Wildman–Crippen MR) is 116 cm³/mol. The summed E-state index contributed by atoms with van der Waals surface area (Å²) >= 11 is 0. The van der Waals surface area contributed by atoms with Crippen LogP contribution in [-0.4, -0.2) is 32.6 Å². The van der Waals surface area contributed by atoms with Crippen LogP contribution in [0.5, 0.6) is 11.5 Å². The van der Waals surface area contributed by atoms with E-state index in [2.05, 4.69) is 19.1 Å². The molecule has 30 heavy (non-hydrogen) atoms. The third-order valence-corrected chi connectivity index (χ3v) is 5.58. The van der Waals surface area contributed by atoms with E-state index < -0.39 is 11.9 Å². The molecule has 0 fully saturated rings. The Labute approximate surface area is 177 Å². The van der Waals surface area contributed by atoms with Crippen molar-refractivity contribution in [2.75, 3.05) is 20.8 Å². The van der Waals surface area contributed by atoms with Gasteiger partial charge in [-0.3, -0.25) is 9.59 Å². The Hall–Kier alpha value is -3.08. The van der Waals surface area contributed by atoms with Gasteiger partial charge in [0.1, 0.15) is 5.92 Å². The molecule has 1 aliphatic carbocycles. The number of hydrogen-bond donors (Lipinski definition) is 0. The van der Waals surface area contributed by atoms with Gasteiger partial charge >= 0.3 is 5.97 Å². The fourth-order valence-electron chi connectivity index (χ4n) is 3.93. The standard InChI is InChI=1S/C25H28O5/c1-5-16-7-9-17(10-8-16)20-13-19(14-21(26)24(20)25(27)30-6-2)18-11-12-22(28-3)23(15-18)29-4/h7-12,14-15,20,24H,5-6,13H2,1-4H3/t20-,24+/m0/s1. The first-order valence-electron chi connectivity index (χ1n) is 10.2. The maximum absolute atomic E-state index is 13.0. The molecule has 0 heterocycles. The number of ketones is 1. The second kappa shape index (κ2) is 9.61. The minimum atomic E-state index is -0.832. The van der Waals surface area contributed by atoms with Crippen molar-refractivity contribution in [1.82, 2.24) is 0 Å². The molecule has 1 aliphatic rings. The maximum atomic E-state index is 13.0. The Morgan fingerprint density at radius 1 is 1.00 bits per heavy atom. The number of esters is 1. The number of rotatable bonds is 7. The van der Waals surface area contributed by atoms with Crippen LogP contribution in [0.3, 0.4) is 0 Å². The summed E-state index contributed by atoms with van der Waals surface area (Å²) in [5.41, 5.74) is 3.92. The molecule has 2 aromatic rings. The van der Waals surface area contributed by atoms with Crippen LogP contribution in [0.15, 0.2) is 48.5 Å². The monoisotopic (exact) mass is 408 g/mol. The zero-order chi connectivity index (χ0) is 21.7. The average molecular weight is 408 g/mol. The fraction of sp³-hybridized carbons (Fsp3) is 0.360. The number of benzene rings is 2. The van der Waals surface area contributed by atoms with Crippen molar-refractivity contribution in [2.45, 2.75) is 32.6 Å². The molecule has 0 unspecified atom stereocenters. The summed E-state index contributed by atoms with van der Waals surface area (Å²) in [6.45, 7) is 4.09. The lowest BCUT2D eigenvalue weighted by Crippen LogP contribution is -2.34. The van der Waals surface area contributed by atoms with Crippen LogP contribution in [0.25, 0.3) is 5.57 Å². The molecule has 2 atom stereocenters. The molecule has 5 nitrogen and oxygen atoms in total. The van der Waals surface area contributed by atoms with Gasteiger partial charge in [-0.1, -0.05) is 37.3 Å². The van der Waals surface area contributed by atoms with Gasteiger partial charge < -0.3 is 14.2 Å². The number of carbonyl (C=O) groups is 2. The molecule has 0 radical (unpaired) electrons. The Morgan fingerprint density at radius 2 is 1.70 bits per heavy atom. The lowest BCUT2D eigenvalue weighted by Gasteiger charge is -2.29. The highest BCUT2D eigenvalue weighted by Gasteiger charge is 2.39. The molecular formula is C25H28O5. The Bertz CT molecular complexity index is 943. The summed E-state index contributed by atoms with van der Waals surface area (Å²) in [5.74, 6) is -0.583. The van der Waals surface area contributed by atoms with Crippen LogP contribution in [0.4, 0.5) is 0 Å². The quantitative estimate of drug-likeness (QED) is 0.495. The minimum Gasteiger partial charge on any atom is -0.493 e. The molecular weight excluding hydrogens is 380 g/mol. The molecule has 0 aromatic heterocycles. The molecule has 158 valence electrons. The van der Waals surface area contributed by atoms with E-state index in [9.17, 15) is 9.59 Å². The summed E-state index contributed by atoms with van der Waals surface area (Å²) in [7, 11) is 3.16. The summed E-state index contributed by atoms with van der Waals surface area (Å²) in [6, 6.07) is 13.7. The van der Waals surface area contributed by atoms with E-state index in [1.807, 2.05) is 30.3 Å². The van der Waals surface area contributed by atoms with Crippen molar-refractivity contribution in [1.29, 1.82) is 0 Å². The zero-order valence-electron chi connectivity index (χ0n) is 17.9. The number of methoxy groups -OCH3 is 2. The van der Waals surface area contributed by atoms with Gasteiger partial charge in [-0.05, 0) is 60.2 Å². The first kappa shape index (κ1) is 21.6. The Kier molecular flexibility index (Phi) is 6.93. The predicted octanol–water partition coefficient (Wildman–Crippen LogP) is 4.59. The summed E-state index contributed by atoms with van der Waals surface area (Å²) < 4.78 is 16.0. The summed E-state index contributed by atoms with van der Waals surface area (Å²) in [4.78, 5) is 25.7. The molecule has 5 heteroatoms. The average Bonchev–Trinajstić information content (AvgIpc) is 2.78. The van der Waals surface area contributed by atoms with Crippen LogP contribution in [0, 0.1) is 5.92 Å². The molecule has 0 aliphatic heterocycles. The van der Waals surface area contributed by atoms with Crippen molar-refractivity contribution in [2.24, 2.45) is 5.92 Å². The van der Waals surface area contributed by atoms with Crippen molar-refractivity contribution in [3.8, 4) is 11.5 Å². The second-order valence-corrected chi connectivity index (χ2v) is 7.28. The van der Waals surface area contributed by atoms with Crippen molar-refractivity contribution in [3.63, 3.8) is 0 Å². The Balaban J connectivity index is 2.02. The van der Waals surface area contributed by atoms with E-state index in [0.717, 1.165) is 23.1 Å². The lowest BCUT2D eigenvalue weighted by atomic mass is 9.73. The number of ether oxygens (including phenoxy) is 3. The van der Waals surface area contributed by atoms with Gasteiger partial charge in [0.2, 0.25) is 0 Å². The number of aryl methyl sites for hydroxylation is 1. The molecule has 0 saturated carbocycles. The number of allylic oxidation sites excluding steroid dienone is 2. The Morgan fingerprint density at radius 3 is 2.30 bits per heavy atom. The van der Waals surface area contributed by atoms with Crippen LogP contribution >= 0.6 is 0 Å². The van der Waals surface area contributed by atoms with Gasteiger partial charge in [0.15, 0.2) is 17.3 Å². The van der Waals surface area contributed by atoms with Crippen molar-refractivity contribution >= 4 is 17.3 Å². The highest BCUT2D eigenvalue weighted by Crippen LogP contribution is 2.42. The van der Waals surface area contributed by atoms with E-state index in [-0.39, 0.29) is 18.3 Å². The van der Waals surface area contributed by atoms with Crippen LogP contribution in [0.2, 0.25) is 0 Å². The SMILES string of the molecule is CCOC(=O)[C@H]1C(=O)C=C(c2ccc(OC)c(OC)c2)C[C@H]1c1ccc(CC)cc1. The van der Waals surface area contributed by atoms with Gasteiger partial charge in [0.25, 0.3) is 0 Å². The highest BCUT2D eigenvalue weighted by atomic mass is 16.5. The van der Waals surface area contributed by atoms with Crippen LogP contribution < -0.4 is 9.47 Å². The highest BCUT2D eigenvalue weighted by molar-refractivity contribution is 6.10. The topological polar surface area (TPSA) is 61.8 Å². The molecule has 0 N–H and O–H groups in total. The molecule has 0 saturated heterocycles. The number of hydrogen-bond acceptors (Lipinski definition) is 5. The zero-order valence-corrected chi connectivity index (χ0v) is 17.9. The molecule has 0 bridgehead atoms. The van der Waals surface area contributed by atoms with Crippen LogP contribution in [-0.2, 0) is 20.7 Å². The normalized spacial score (nSPS) is 18.5. The van der Waals surface area contributed by atoms with Crippen molar-refractivity contribution in [3.05, 3.63) is 65.2 Å². The third kappa shape index (κ3) is 4.40. The first-order valence-corrected chi connectivity index (χ1v) is 10.2. The van der Waals surface area contributed by atoms with E-state index in [1.165, 1.54) is 5.56 Å². The lowest BCUT2D eigenvalue weighted by molar-refractivity contribution is -0.151. The second-order valence-electron chi connectivity index (χ2n) is 7.28. The van der Waals surface area contributed by atoms with Gasteiger partial charge in [-0.2, -0.15) is 0 Å². The fourth-order valence-corrected chi connectivity index (χ4v) is 3.93. The smallest absolute Gasteiger partial charge is 0.317 e. The minimum absolute atomic E-state index is 0.228. The van der Waals surface area contributed by atoms with E-state index in [4.69, 9.17) is 14.2 Å². The van der Waals surface area contributed by atoms with Crippen LogP contribution in [0.1, 0.15) is 42.9 Å². The molecule has 0 amide bonds. The molecule has 2 aromatic carbocycles. The molecule has 0 spiro atoms. The van der Waals surface area contributed by atoms with E-state index in [0.29, 0.717) is 17.9 Å². The van der Waals surface area contributed by atoms with Gasteiger partial charge in [-0.15, -0.1) is 0 Å². The largest absolute Gasteiger partial charge is 0.493 e. The molecule has 3 rings (SSSR count). The maximum Gasteiger partial charge on any atom is 0.317 e. The van der Waals surface area contributed by atoms with Gasteiger partial charge in [0.05, 0.1) is 20.8 Å². The van der Waals surface area contributed by atoms with E-state index >= 15 is 0 Å². The first-order chi connectivity index (χ1) is 14.5. The van der Waals surface area contributed by atoms with Crippen molar-refractivity contribution < 1.29 is 23.8 Å². The summed E-state index contributed by atoms with van der Waals surface area (Å²) in [5, 5.41) is 0. The number of carbonyl (C=O) groups excluding carboxylic acids is 2. The van der Waals surface area contributed by atoms with Gasteiger partial charge in [-0.25, -0.2) is 0 Å². The summed E-state index contributed by atoms with van der Waals surface area (Å²) in [6.07, 6.45) is 3.05. The van der Waals surface area contributed by atoms with Gasteiger partial charge in [0, 0.05) is 5.92 Å². The third-order valence-electron chi connectivity index (χ3n) is 5.58. The van der Waals surface area contributed by atoms with E-state index in [1.54, 1.807) is 27.2 Å².